The van der Waals surface area contributed by atoms with Crippen molar-refractivity contribution < 1.29 is 22.4 Å². The van der Waals surface area contributed by atoms with Crippen LogP contribution in [0.1, 0.15) is 48.1 Å². The van der Waals surface area contributed by atoms with Gasteiger partial charge in [0.05, 0.1) is 27.6 Å². The molecular formula is C19H21FN2O4S2. The fourth-order valence-electron chi connectivity index (χ4n) is 2.97. The Morgan fingerprint density at radius 2 is 2.07 bits per heavy atom. The number of nitrogens with one attached hydrogen (secondary N) is 1. The lowest BCUT2D eigenvalue weighted by Gasteiger charge is -2.26. The van der Waals surface area contributed by atoms with Crippen molar-refractivity contribution in [1.29, 1.82) is 0 Å². The molecular weight excluding hydrogens is 403 g/mol. The summed E-state index contributed by atoms with van der Waals surface area (Å²) in [5, 5.41) is 2.92. The average Bonchev–Trinajstić information content (AvgIpc) is 3.03. The van der Waals surface area contributed by atoms with Gasteiger partial charge >= 0.3 is 0 Å². The number of Topliss-reactive ketones (excluding diaryl/α,β-unsaturated/α-hetero) is 1. The van der Waals surface area contributed by atoms with Gasteiger partial charge in [-0.2, -0.15) is 0 Å². The molecule has 0 aliphatic heterocycles. The Bertz CT molecular complexity index is 1060. The first-order chi connectivity index (χ1) is 13.0. The van der Waals surface area contributed by atoms with Crippen molar-refractivity contribution in [3.8, 4) is 0 Å². The molecule has 9 heteroatoms. The van der Waals surface area contributed by atoms with Crippen LogP contribution in [0.25, 0.3) is 0 Å². The molecule has 0 unspecified atom stereocenters. The molecule has 2 aromatic rings. The van der Waals surface area contributed by atoms with E-state index >= 15 is 0 Å². The number of thiazole rings is 1. The van der Waals surface area contributed by atoms with Gasteiger partial charge in [-0.15, -0.1) is 0 Å². The average molecular weight is 425 g/mol. The van der Waals surface area contributed by atoms with Gasteiger partial charge in [0.2, 0.25) is 5.91 Å². The number of hydrogen-bond acceptors (Lipinski definition) is 6. The molecule has 0 saturated carbocycles. The number of carbonyl (C=O) groups is 2. The summed E-state index contributed by atoms with van der Waals surface area (Å²) >= 11 is 1.13. The topological polar surface area (TPSA) is 93.2 Å². The first-order valence-electron chi connectivity index (χ1n) is 8.89. The normalized spacial score (nSPS) is 15.9. The fraction of sp³-hybridized carbons (Fsp3) is 0.421. The lowest BCUT2D eigenvalue weighted by Crippen LogP contribution is -2.29. The Morgan fingerprint density at radius 1 is 1.36 bits per heavy atom. The third-order valence-electron chi connectivity index (χ3n) is 4.87. The zero-order chi connectivity index (χ0) is 20.7. The molecule has 0 saturated heterocycles. The minimum absolute atomic E-state index is 0.0190. The number of rotatable bonds is 5. The second-order valence-electron chi connectivity index (χ2n) is 7.39. The molecule has 0 atom stereocenters. The predicted octanol–water partition coefficient (Wildman–Crippen LogP) is 3.41. The molecule has 0 spiro atoms. The Labute approximate surface area is 167 Å². The zero-order valence-corrected chi connectivity index (χ0v) is 17.5. The number of halogens is 1. The molecule has 1 heterocycles. The lowest BCUT2D eigenvalue weighted by molar-refractivity contribution is -0.115. The highest BCUT2D eigenvalue weighted by Gasteiger charge is 2.36. The number of fused-ring (bicyclic) bond motifs is 1. The van der Waals surface area contributed by atoms with Crippen LogP contribution in [0.3, 0.4) is 0 Å². The molecule has 3 rings (SSSR count). The quantitative estimate of drug-likeness (QED) is 0.794. The van der Waals surface area contributed by atoms with Gasteiger partial charge in [0.25, 0.3) is 0 Å². The second-order valence-corrected chi connectivity index (χ2v) is 10.7. The third kappa shape index (κ3) is 4.00. The van der Waals surface area contributed by atoms with Crippen LogP contribution in [0.4, 0.5) is 9.52 Å². The summed E-state index contributed by atoms with van der Waals surface area (Å²) in [6.45, 7) is 5.26. The van der Waals surface area contributed by atoms with Gasteiger partial charge in [-0.05, 0) is 30.5 Å². The summed E-state index contributed by atoms with van der Waals surface area (Å²) in [5.74, 6) is -1.34. The largest absolute Gasteiger partial charge is 0.302 e. The van der Waals surface area contributed by atoms with E-state index in [1.165, 1.54) is 19.1 Å². The molecule has 150 valence electrons. The van der Waals surface area contributed by atoms with Crippen molar-refractivity contribution in [1.82, 2.24) is 4.98 Å². The number of ketones is 1. The van der Waals surface area contributed by atoms with Gasteiger partial charge in [-0.1, -0.05) is 38.2 Å². The molecule has 1 aliphatic carbocycles. The van der Waals surface area contributed by atoms with E-state index in [1.807, 2.05) is 13.8 Å². The van der Waals surface area contributed by atoms with Crippen molar-refractivity contribution in [3.05, 3.63) is 40.2 Å². The van der Waals surface area contributed by atoms with Crippen LogP contribution in [0.5, 0.6) is 0 Å². The Morgan fingerprint density at radius 3 is 2.71 bits per heavy atom. The molecule has 0 bridgehead atoms. The minimum atomic E-state index is -3.51. The SMILES string of the molecule is CCS(=O)(=O)c1ccc(CC(=O)Nc2nc3c(s2)C(=O)C(C)(C)CC3)c(F)c1. The van der Waals surface area contributed by atoms with Gasteiger partial charge < -0.3 is 5.32 Å². The first kappa shape index (κ1) is 20.6. The maximum Gasteiger partial charge on any atom is 0.230 e. The van der Waals surface area contributed by atoms with Crippen molar-refractivity contribution in [2.24, 2.45) is 5.41 Å². The molecule has 28 heavy (non-hydrogen) atoms. The van der Waals surface area contributed by atoms with Crippen molar-refractivity contribution in [2.75, 3.05) is 11.1 Å². The number of anilines is 1. The minimum Gasteiger partial charge on any atom is -0.302 e. The summed E-state index contributed by atoms with van der Waals surface area (Å²) in [4.78, 5) is 29.5. The van der Waals surface area contributed by atoms with Crippen molar-refractivity contribution >= 4 is 38.0 Å². The summed E-state index contributed by atoms with van der Waals surface area (Å²) < 4.78 is 37.9. The maximum absolute atomic E-state index is 14.2. The Kier molecular flexibility index (Phi) is 5.42. The Hall–Kier alpha value is -2.13. The number of carbonyl (C=O) groups excluding carboxylic acids is 2. The van der Waals surface area contributed by atoms with Gasteiger partial charge in [0.1, 0.15) is 5.82 Å². The van der Waals surface area contributed by atoms with E-state index in [2.05, 4.69) is 10.3 Å². The first-order valence-corrected chi connectivity index (χ1v) is 11.4. The van der Waals surface area contributed by atoms with E-state index in [0.29, 0.717) is 28.5 Å². The van der Waals surface area contributed by atoms with Crippen LogP contribution in [0.15, 0.2) is 23.1 Å². The number of amides is 1. The van der Waals surface area contributed by atoms with Gasteiger partial charge in [-0.3, -0.25) is 9.59 Å². The standard InChI is InChI=1S/C19H21FN2O4S2/c1-4-28(25,26)12-6-5-11(13(20)10-12)9-15(23)22-18-21-14-7-8-19(2,3)17(24)16(14)27-18/h5-6,10H,4,7-9H2,1-3H3,(H,21,22,23). The van der Waals surface area contributed by atoms with Crippen LogP contribution in [-0.2, 0) is 27.5 Å². The Balaban J connectivity index is 1.73. The van der Waals surface area contributed by atoms with Crippen LogP contribution >= 0.6 is 11.3 Å². The third-order valence-corrected chi connectivity index (χ3v) is 7.61. The molecule has 6 nitrogen and oxygen atoms in total. The van der Waals surface area contributed by atoms with E-state index in [1.54, 1.807) is 0 Å². The van der Waals surface area contributed by atoms with Crippen molar-refractivity contribution in [2.45, 2.75) is 44.9 Å². The number of nitrogens with zero attached hydrogens (tertiary/aromatic N) is 1. The zero-order valence-electron chi connectivity index (χ0n) is 15.8. The lowest BCUT2D eigenvalue weighted by atomic mass is 9.78. The molecule has 1 amide bonds. The smallest absolute Gasteiger partial charge is 0.230 e. The highest BCUT2D eigenvalue weighted by molar-refractivity contribution is 7.91. The number of sulfone groups is 1. The molecule has 0 radical (unpaired) electrons. The monoisotopic (exact) mass is 424 g/mol. The molecule has 1 aromatic heterocycles. The van der Waals surface area contributed by atoms with Gasteiger partial charge in [0.15, 0.2) is 20.8 Å². The van der Waals surface area contributed by atoms with Crippen LogP contribution in [0, 0.1) is 11.2 Å². The fourth-order valence-corrected chi connectivity index (χ4v) is 5.01. The van der Waals surface area contributed by atoms with E-state index in [9.17, 15) is 22.4 Å². The van der Waals surface area contributed by atoms with Crippen LogP contribution < -0.4 is 5.32 Å². The summed E-state index contributed by atoms with van der Waals surface area (Å²) in [7, 11) is -3.51. The number of aryl methyl sites for hydroxylation is 1. The van der Waals surface area contributed by atoms with Gasteiger partial charge in [-0.25, -0.2) is 17.8 Å². The number of aromatic nitrogens is 1. The molecule has 1 aromatic carbocycles. The van der Waals surface area contributed by atoms with E-state index in [-0.39, 0.29) is 28.4 Å². The van der Waals surface area contributed by atoms with E-state index < -0.39 is 27.0 Å². The summed E-state index contributed by atoms with van der Waals surface area (Å²) in [6.07, 6.45) is 1.11. The highest BCUT2D eigenvalue weighted by atomic mass is 32.2. The summed E-state index contributed by atoms with van der Waals surface area (Å²) in [5.41, 5.74) is 0.334. The summed E-state index contributed by atoms with van der Waals surface area (Å²) in [6, 6.07) is 3.54. The molecule has 1 N–H and O–H groups in total. The molecule has 1 aliphatic rings. The highest BCUT2D eigenvalue weighted by Crippen LogP contribution is 2.38. The van der Waals surface area contributed by atoms with E-state index in [0.717, 1.165) is 17.4 Å². The van der Waals surface area contributed by atoms with Crippen LogP contribution in [0.2, 0.25) is 0 Å². The second kappa shape index (κ2) is 7.36. The van der Waals surface area contributed by atoms with Crippen LogP contribution in [-0.4, -0.2) is 30.8 Å². The number of benzene rings is 1. The van der Waals surface area contributed by atoms with Crippen molar-refractivity contribution in [3.63, 3.8) is 0 Å². The maximum atomic E-state index is 14.2. The van der Waals surface area contributed by atoms with Gasteiger partial charge in [0, 0.05) is 5.41 Å². The number of hydrogen-bond donors (Lipinski definition) is 1. The molecule has 0 fully saturated rings. The van der Waals surface area contributed by atoms with E-state index in [4.69, 9.17) is 0 Å². The predicted molar refractivity (Wildman–Crippen MR) is 105 cm³/mol.